The number of benzene rings is 2. The number of para-hydroxylation sites is 1. The number of esters is 1. The molecular formula is C27H39ClN2O4. The van der Waals surface area contributed by atoms with Gasteiger partial charge in [-0.05, 0) is 68.1 Å². The number of carbonyl (C=O) groups excluding carboxylic acids is 3. The zero-order chi connectivity index (χ0) is 25.9. The predicted octanol–water partition coefficient (Wildman–Crippen LogP) is 5.54. The second-order valence-electron chi connectivity index (χ2n) is 7.81. The molecule has 0 bridgehead atoms. The lowest BCUT2D eigenvalue weighted by molar-refractivity contribution is -0.143. The summed E-state index contributed by atoms with van der Waals surface area (Å²) in [6.45, 7) is 9.34. The molecule has 0 aliphatic heterocycles. The Kier molecular flexibility index (Phi) is 17.2. The first-order chi connectivity index (χ1) is 16.4. The fraction of sp³-hybridized carbons (Fsp3) is 0.444. The van der Waals surface area contributed by atoms with E-state index in [0.29, 0.717) is 13.0 Å². The zero-order valence-corrected chi connectivity index (χ0v) is 21.7. The smallest absolute Gasteiger partial charge is 0.305 e. The molecule has 0 aliphatic carbocycles. The van der Waals surface area contributed by atoms with Crippen LogP contribution in [0.4, 0.5) is 5.69 Å². The first kappa shape index (κ1) is 31.3. The van der Waals surface area contributed by atoms with Crippen LogP contribution in [0.3, 0.4) is 0 Å². The standard InChI is InChI=1S/C25H35ClN2O2.2CH2O/c1-5-30-24(29)14-8-6-7-11-17-27-25(22-18-20(26)16-15-19(22)2)21-12-9-10-13-23(21)28(3)4;2*1-2/h9-10,12-13,15-16,18,25,27H,5-8,11,14,17H2,1-4H3;2*1H2. The lowest BCUT2D eigenvalue weighted by Gasteiger charge is -2.27. The highest BCUT2D eigenvalue weighted by molar-refractivity contribution is 6.30. The largest absolute Gasteiger partial charge is 0.466 e. The SMILES string of the molecule is C=O.C=O.CCOC(=O)CCCCCCNC(c1cc(Cl)ccc1C)c1ccccc1N(C)C. The van der Waals surface area contributed by atoms with Crippen molar-refractivity contribution in [2.45, 2.75) is 52.0 Å². The Hall–Kier alpha value is -2.70. The molecule has 0 spiro atoms. The Morgan fingerprint density at radius 2 is 1.65 bits per heavy atom. The summed E-state index contributed by atoms with van der Waals surface area (Å²) in [5, 5.41) is 4.51. The molecule has 0 amide bonds. The van der Waals surface area contributed by atoms with Crippen molar-refractivity contribution in [1.82, 2.24) is 5.32 Å². The van der Waals surface area contributed by atoms with Crippen molar-refractivity contribution in [2.75, 3.05) is 32.1 Å². The molecule has 34 heavy (non-hydrogen) atoms. The van der Waals surface area contributed by atoms with Crippen molar-refractivity contribution in [3.05, 3.63) is 64.2 Å². The number of carbonyl (C=O) groups is 3. The van der Waals surface area contributed by atoms with Gasteiger partial charge in [-0.1, -0.05) is 48.7 Å². The molecule has 2 aromatic rings. The molecule has 1 atom stereocenters. The molecule has 7 heteroatoms. The molecule has 0 fully saturated rings. The van der Waals surface area contributed by atoms with E-state index in [2.05, 4.69) is 67.6 Å². The van der Waals surface area contributed by atoms with Crippen molar-refractivity contribution >= 4 is 36.8 Å². The molecule has 2 aromatic carbocycles. The number of nitrogens with zero attached hydrogens (tertiary/aromatic N) is 1. The third-order valence-corrected chi connectivity index (χ3v) is 5.48. The molecule has 2 rings (SSSR count). The minimum atomic E-state index is -0.0904. The number of nitrogens with one attached hydrogen (secondary N) is 1. The van der Waals surface area contributed by atoms with Crippen LogP contribution in [-0.4, -0.2) is 46.8 Å². The number of hydrogen-bond acceptors (Lipinski definition) is 6. The van der Waals surface area contributed by atoms with Gasteiger partial charge in [-0.2, -0.15) is 0 Å². The van der Waals surface area contributed by atoms with Crippen molar-refractivity contribution in [3.63, 3.8) is 0 Å². The van der Waals surface area contributed by atoms with Crippen LogP contribution in [0.2, 0.25) is 5.02 Å². The third-order valence-electron chi connectivity index (χ3n) is 5.24. The van der Waals surface area contributed by atoms with E-state index in [1.54, 1.807) is 0 Å². The normalized spacial score (nSPS) is 10.7. The van der Waals surface area contributed by atoms with Crippen molar-refractivity contribution in [2.24, 2.45) is 0 Å². The van der Waals surface area contributed by atoms with Gasteiger partial charge in [0.05, 0.1) is 12.6 Å². The van der Waals surface area contributed by atoms with Gasteiger partial charge in [0.2, 0.25) is 0 Å². The molecule has 0 heterocycles. The number of anilines is 1. The lowest BCUT2D eigenvalue weighted by Crippen LogP contribution is -2.26. The van der Waals surface area contributed by atoms with E-state index < -0.39 is 0 Å². The summed E-state index contributed by atoms with van der Waals surface area (Å²) in [6, 6.07) is 14.7. The van der Waals surface area contributed by atoms with Crippen LogP contribution in [0.1, 0.15) is 61.8 Å². The topological polar surface area (TPSA) is 75.7 Å². The second kappa shape index (κ2) is 18.7. The summed E-state index contributed by atoms with van der Waals surface area (Å²) in [7, 11) is 4.15. The second-order valence-corrected chi connectivity index (χ2v) is 8.25. The summed E-state index contributed by atoms with van der Waals surface area (Å²) >= 11 is 6.34. The number of aryl methyl sites for hydroxylation is 1. The number of rotatable bonds is 12. The summed E-state index contributed by atoms with van der Waals surface area (Å²) in [4.78, 5) is 29.6. The highest BCUT2D eigenvalue weighted by Crippen LogP contribution is 2.33. The van der Waals surface area contributed by atoms with E-state index >= 15 is 0 Å². The average Bonchev–Trinajstić information content (AvgIpc) is 2.85. The third kappa shape index (κ3) is 10.9. The minimum absolute atomic E-state index is 0.0711. The monoisotopic (exact) mass is 490 g/mol. The van der Waals surface area contributed by atoms with Gasteiger partial charge >= 0.3 is 5.97 Å². The maximum absolute atomic E-state index is 11.4. The fourth-order valence-corrected chi connectivity index (χ4v) is 3.86. The molecule has 0 saturated heterocycles. The molecule has 188 valence electrons. The molecule has 0 radical (unpaired) electrons. The molecular weight excluding hydrogens is 452 g/mol. The van der Waals surface area contributed by atoms with E-state index in [4.69, 9.17) is 25.9 Å². The summed E-state index contributed by atoms with van der Waals surface area (Å²) in [5.74, 6) is -0.0904. The Bertz CT molecular complexity index is 843. The van der Waals surface area contributed by atoms with Crippen molar-refractivity contribution in [1.29, 1.82) is 0 Å². The van der Waals surface area contributed by atoms with Crippen LogP contribution < -0.4 is 10.2 Å². The fourth-order valence-electron chi connectivity index (χ4n) is 3.68. The van der Waals surface area contributed by atoms with Crippen LogP contribution in [0, 0.1) is 6.92 Å². The van der Waals surface area contributed by atoms with Crippen LogP contribution in [0.15, 0.2) is 42.5 Å². The highest BCUT2D eigenvalue weighted by Gasteiger charge is 2.20. The van der Waals surface area contributed by atoms with Crippen LogP contribution in [0.25, 0.3) is 0 Å². The Morgan fingerprint density at radius 1 is 1.00 bits per heavy atom. The van der Waals surface area contributed by atoms with Crippen LogP contribution >= 0.6 is 11.6 Å². The first-order valence-corrected chi connectivity index (χ1v) is 11.8. The van der Waals surface area contributed by atoms with Gasteiger partial charge in [0, 0.05) is 31.2 Å². The van der Waals surface area contributed by atoms with Crippen molar-refractivity contribution in [3.8, 4) is 0 Å². The molecule has 1 unspecified atom stereocenters. The highest BCUT2D eigenvalue weighted by atomic mass is 35.5. The van der Waals surface area contributed by atoms with Gasteiger partial charge in [0.25, 0.3) is 0 Å². The van der Waals surface area contributed by atoms with E-state index in [9.17, 15) is 4.79 Å². The quantitative estimate of drug-likeness (QED) is 0.311. The number of unbranched alkanes of at least 4 members (excludes halogenated alkanes) is 3. The van der Waals surface area contributed by atoms with Gasteiger partial charge in [0.1, 0.15) is 13.6 Å². The van der Waals surface area contributed by atoms with E-state index in [-0.39, 0.29) is 12.0 Å². The number of hydrogen-bond donors (Lipinski definition) is 1. The van der Waals surface area contributed by atoms with Gasteiger partial charge in [0.15, 0.2) is 0 Å². The van der Waals surface area contributed by atoms with Crippen LogP contribution in [0.5, 0.6) is 0 Å². The first-order valence-electron chi connectivity index (χ1n) is 11.4. The Labute approximate surface area is 209 Å². The Balaban J connectivity index is 0.00000258. The predicted molar refractivity (Wildman–Crippen MR) is 141 cm³/mol. The minimum Gasteiger partial charge on any atom is -0.466 e. The molecule has 0 aromatic heterocycles. The summed E-state index contributed by atoms with van der Waals surface area (Å²) < 4.78 is 4.98. The number of halogens is 1. The summed E-state index contributed by atoms with van der Waals surface area (Å²) in [5.41, 5.74) is 4.87. The van der Waals surface area contributed by atoms with Gasteiger partial charge in [-0.15, -0.1) is 0 Å². The average molecular weight is 491 g/mol. The van der Waals surface area contributed by atoms with Crippen LogP contribution in [-0.2, 0) is 19.1 Å². The molecule has 0 aliphatic rings. The molecule has 6 nitrogen and oxygen atoms in total. The van der Waals surface area contributed by atoms with Crippen molar-refractivity contribution < 1.29 is 19.1 Å². The maximum atomic E-state index is 11.4. The van der Waals surface area contributed by atoms with Gasteiger partial charge in [-0.25, -0.2) is 0 Å². The molecule has 0 saturated carbocycles. The van der Waals surface area contributed by atoms with Gasteiger partial charge < -0.3 is 24.5 Å². The summed E-state index contributed by atoms with van der Waals surface area (Å²) in [6.07, 6.45) is 4.59. The van der Waals surface area contributed by atoms with E-state index in [1.807, 2.05) is 26.6 Å². The zero-order valence-electron chi connectivity index (χ0n) is 20.9. The lowest BCUT2D eigenvalue weighted by atomic mass is 9.93. The molecule has 1 N–H and O–H groups in total. The van der Waals surface area contributed by atoms with E-state index in [1.165, 1.54) is 22.4 Å². The number of ether oxygens (including phenoxy) is 1. The maximum Gasteiger partial charge on any atom is 0.305 e. The van der Waals surface area contributed by atoms with E-state index in [0.717, 1.165) is 37.3 Å². The Morgan fingerprint density at radius 3 is 2.29 bits per heavy atom. The van der Waals surface area contributed by atoms with Gasteiger partial charge in [-0.3, -0.25) is 4.79 Å².